The summed E-state index contributed by atoms with van der Waals surface area (Å²) in [4.78, 5) is 8.08. The molecular formula is C11H7ClFN3O. The van der Waals surface area contributed by atoms with Crippen molar-refractivity contribution >= 4 is 16.8 Å². The number of rotatable bonds is 2. The van der Waals surface area contributed by atoms with E-state index in [1.807, 2.05) is 0 Å². The molecule has 1 N–H and O–H groups in total. The van der Waals surface area contributed by atoms with Crippen molar-refractivity contribution in [2.75, 3.05) is 0 Å². The van der Waals surface area contributed by atoms with Crippen molar-refractivity contribution in [2.24, 2.45) is 5.16 Å². The van der Waals surface area contributed by atoms with Crippen LogP contribution in [0.25, 0.3) is 11.4 Å². The van der Waals surface area contributed by atoms with Crippen LogP contribution in [0, 0.1) is 5.82 Å². The number of halogens is 2. The maximum atomic E-state index is 12.7. The molecule has 0 unspecified atom stereocenters. The van der Waals surface area contributed by atoms with Gasteiger partial charge in [0, 0.05) is 18.0 Å². The van der Waals surface area contributed by atoms with Crippen LogP contribution in [0.15, 0.2) is 41.8 Å². The van der Waals surface area contributed by atoms with Crippen molar-refractivity contribution in [3.8, 4) is 11.4 Å². The van der Waals surface area contributed by atoms with Crippen LogP contribution in [0.5, 0.6) is 0 Å². The van der Waals surface area contributed by atoms with Crippen LogP contribution in [-0.2, 0) is 0 Å². The van der Waals surface area contributed by atoms with Crippen LogP contribution >= 0.6 is 11.6 Å². The molecule has 0 aliphatic rings. The highest BCUT2D eigenvalue weighted by atomic mass is 35.5. The van der Waals surface area contributed by atoms with E-state index in [0.29, 0.717) is 17.0 Å². The Hall–Kier alpha value is -2.01. The summed E-state index contributed by atoms with van der Waals surface area (Å²) in [7, 11) is 0. The quantitative estimate of drug-likeness (QED) is 0.507. The van der Waals surface area contributed by atoms with E-state index in [2.05, 4.69) is 15.1 Å². The number of hydrogen-bond donors (Lipinski definition) is 1. The lowest BCUT2D eigenvalue weighted by atomic mass is 10.2. The van der Waals surface area contributed by atoms with Crippen molar-refractivity contribution in [3.63, 3.8) is 0 Å². The highest BCUT2D eigenvalue weighted by Crippen LogP contribution is 2.15. The van der Waals surface area contributed by atoms with Gasteiger partial charge in [0.05, 0.1) is 5.56 Å². The predicted molar refractivity (Wildman–Crippen MR) is 61.6 cm³/mol. The smallest absolute Gasteiger partial charge is 0.178 e. The van der Waals surface area contributed by atoms with Crippen LogP contribution in [0.2, 0.25) is 0 Å². The average molecular weight is 252 g/mol. The first-order valence-electron chi connectivity index (χ1n) is 4.66. The lowest BCUT2D eigenvalue weighted by Crippen LogP contribution is -1.96. The number of nitrogens with zero attached hydrogens (tertiary/aromatic N) is 3. The zero-order valence-electron chi connectivity index (χ0n) is 8.51. The molecule has 2 rings (SSSR count). The van der Waals surface area contributed by atoms with Gasteiger partial charge in [-0.1, -0.05) is 16.8 Å². The molecule has 17 heavy (non-hydrogen) atoms. The van der Waals surface area contributed by atoms with E-state index in [-0.39, 0.29) is 11.0 Å². The Kier molecular flexibility index (Phi) is 3.30. The summed E-state index contributed by atoms with van der Waals surface area (Å²) in [6.07, 6.45) is 2.85. The first kappa shape index (κ1) is 11.5. The van der Waals surface area contributed by atoms with Crippen LogP contribution in [-0.4, -0.2) is 20.3 Å². The Morgan fingerprint density at radius 3 is 2.29 bits per heavy atom. The van der Waals surface area contributed by atoms with Gasteiger partial charge in [-0.05, 0) is 24.3 Å². The highest BCUT2D eigenvalue weighted by Gasteiger charge is 2.04. The van der Waals surface area contributed by atoms with Crippen molar-refractivity contribution in [1.29, 1.82) is 0 Å². The highest BCUT2D eigenvalue weighted by molar-refractivity contribution is 6.69. The standard InChI is InChI=1S/C11H7ClFN3O/c12-10(16-17)8-5-14-11(15-6-8)7-1-3-9(13)4-2-7/h1-6,17H. The van der Waals surface area contributed by atoms with Gasteiger partial charge in [0.25, 0.3) is 0 Å². The fraction of sp³-hybridized carbons (Fsp3) is 0. The summed E-state index contributed by atoms with van der Waals surface area (Å²) < 4.78 is 12.7. The maximum Gasteiger partial charge on any atom is 0.178 e. The van der Waals surface area contributed by atoms with Crippen molar-refractivity contribution in [1.82, 2.24) is 9.97 Å². The molecular weight excluding hydrogens is 245 g/mol. The summed E-state index contributed by atoms with van der Waals surface area (Å²) in [6, 6.07) is 5.81. The van der Waals surface area contributed by atoms with Crippen molar-refractivity contribution < 1.29 is 9.60 Å². The molecule has 0 radical (unpaired) electrons. The van der Waals surface area contributed by atoms with Gasteiger partial charge < -0.3 is 5.21 Å². The maximum absolute atomic E-state index is 12.7. The predicted octanol–water partition coefficient (Wildman–Crippen LogP) is 2.66. The van der Waals surface area contributed by atoms with Gasteiger partial charge in [-0.2, -0.15) is 0 Å². The van der Waals surface area contributed by atoms with Gasteiger partial charge in [-0.15, -0.1) is 0 Å². The van der Waals surface area contributed by atoms with Gasteiger partial charge >= 0.3 is 0 Å². The van der Waals surface area contributed by atoms with E-state index >= 15 is 0 Å². The number of aromatic nitrogens is 2. The van der Waals surface area contributed by atoms with Gasteiger partial charge in [0.2, 0.25) is 0 Å². The lowest BCUT2D eigenvalue weighted by molar-refractivity contribution is 0.321. The zero-order valence-corrected chi connectivity index (χ0v) is 9.26. The number of hydrogen-bond acceptors (Lipinski definition) is 4. The minimum atomic E-state index is -0.319. The van der Waals surface area contributed by atoms with Crippen LogP contribution < -0.4 is 0 Å². The molecule has 1 aromatic carbocycles. The van der Waals surface area contributed by atoms with E-state index in [0.717, 1.165) is 0 Å². The second kappa shape index (κ2) is 4.88. The molecule has 0 spiro atoms. The molecule has 0 atom stereocenters. The van der Waals surface area contributed by atoms with E-state index in [1.54, 1.807) is 12.1 Å². The van der Waals surface area contributed by atoms with E-state index in [1.165, 1.54) is 24.5 Å². The molecule has 0 saturated heterocycles. The fourth-order valence-corrected chi connectivity index (χ4v) is 1.34. The first-order chi connectivity index (χ1) is 8.20. The average Bonchev–Trinajstić information content (AvgIpc) is 2.39. The third-order valence-corrected chi connectivity index (χ3v) is 2.37. The Bertz CT molecular complexity index is 540. The monoisotopic (exact) mass is 251 g/mol. The largest absolute Gasteiger partial charge is 0.410 e. The summed E-state index contributed by atoms with van der Waals surface area (Å²) >= 11 is 5.58. The fourth-order valence-electron chi connectivity index (χ4n) is 1.24. The van der Waals surface area contributed by atoms with Crippen LogP contribution in [0.4, 0.5) is 4.39 Å². The summed E-state index contributed by atoms with van der Waals surface area (Å²) in [6.45, 7) is 0. The molecule has 0 aliphatic carbocycles. The second-order valence-electron chi connectivity index (χ2n) is 3.19. The van der Waals surface area contributed by atoms with Crippen LogP contribution in [0.1, 0.15) is 5.56 Å². The third-order valence-electron chi connectivity index (χ3n) is 2.08. The zero-order chi connectivity index (χ0) is 12.3. The second-order valence-corrected chi connectivity index (χ2v) is 3.55. The summed E-state index contributed by atoms with van der Waals surface area (Å²) in [5, 5.41) is 11.2. The Morgan fingerprint density at radius 2 is 1.76 bits per heavy atom. The summed E-state index contributed by atoms with van der Waals surface area (Å²) in [5.41, 5.74) is 1.09. The molecule has 4 nitrogen and oxygen atoms in total. The molecule has 0 bridgehead atoms. The molecule has 86 valence electrons. The van der Waals surface area contributed by atoms with E-state index in [9.17, 15) is 4.39 Å². The molecule has 0 saturated carbocycles. The van der Waals surface area contributed by atoms with E-state index in [4.69, 9.17) is 16.8 Å². The Balaban J connectivity index is 2.32. The summed E-state index contributed by atoms with van der Waals surface area (Å²) in [5.74, 6) is 0.122. The van der Waals surface area contributed by atoms with Gasteiger partial charge in [-0.25, -0.2) is 14.4 Å². The lowest BCUT2D eigenvalue weighted by Gasteiger charge is -2.00. The minimum absolute atomic E-state index is 0.0874. The molecule has 1 heterocycles. The Labute approximate surface area is 101 Å². The molecule has 0 fully saturated rings. The van der Waals surface area contributed by atoms with E-state index < -0.39 is 0 Å². The Morgan fingerprint density at radius 1 is 1.18 bits per heavy atom. The van der Waals surface area contributed by atoms with Gasteiger partial charge in [0.1, 0.15) is 5.82 Å². The van der Waals surface area contributed by atoms with Gasteiger partial charge in [-0.3, -0.25) is 0 Å². The van der Waals surface area contributed by atoms with Crippen molar-refractivity contribution in [2.45, 2.75) is 0 Å². The molecule has 0 aliphatic heterocycles. The first-order valence-corrected chi connectivity index (χ1v) is 5.04. The molecule has 2 aromatic rings. The van der Waals surface area contributed by atoms with Gasteiger partial charge in [0.15, 0.2) is 11.0 Å². The normalized spacial score (nSPS) is 11.5. The number of oxime groups is 1. The molecule has 6 heteroatoms. The number of benzene rings is 1. The topological polar surface area (TPSA) is 58.4 Å². The third kappa shape index (κ3) is 2.57. The minimum Gasteiger partial charge on any atom is -0.410 e. The van der Waals surface area contributed by atoms with Crippen LogP contribution in [0.3, 0.4) is 0 Å². The molecule has 1 aromatic heterocycles. The molecule has 0 amide bonds. The SMILES string of the molecule is ON=C(Cl)c1cnc(-c2ccc(F)cc2)nc1. The van der Waals surface area contributed by atoms with Crippen molar-refractivity contribution in [3.05, 3.63) is 48.0 Å².